The van der Waals surface area contributed by atoms with Crippen LogP contribution in [0.4, 0.5) is 5.69 Å². The highest BCUT2D eigenvalue weighted by atomic mass is 35.5. The lowest BCUT2D eigenvalue weighted by Gasteiger charge is -2.19. The van der Waals surface area contributed by atoms with Crippen molar-refractivity contribution in [2.45, 2.75) is 4.21 Å². The molecule has 0 atom stereocenters. The molecule has 0 radical (unpaired) electrons. The number of carbonyl (C=O) groups is 1. The van der Waals surface area contributed by atoms with E-state index in [4.69, 9.17) is 23.2 Å². The van der Waals surface area contributed by atoms with Gasteiger partial charge in [-0.2, -0.15) is 4.31 Å². The summed E-state index contributed by atoms with van der Waals surface area (Å²) in [4.78, 5) is 12.2. The number of sulfonamides is 1. The van der Waals surface area contributed by atoms with Crippen molar-refractivity contribution in [1.82, 2.24) is 4.31 Å². The molecule has 1 aromatic carbocycles. The molecule has 24 heavy (non-hydrogen) atoms. The van der Waals surface area contributed by atoms with Crippen LogP contribution in [0.15, 0.2) is 52.6 Å². The Balaban J connectivity index is 2.14. The van der Waals surface area contributed by atoms with Crippen LogP contribution in [-0.2, 0) is 14.8 Å². The standard InChI is InChI=1S/C15H14Cl2N2O3S2/c1-2-7-19(24(21,22)15-4-3-8-23-15)10-14(20)18-11-5-6-12(16)13(17)9-11/h2-6,8-9H,1,7,10H2,(H,18,20). The van der Waals surface area contributed by atoms with E-state index in [1.54, 1.807) is 23.6 Å². The quantitative estimate of drug-likeness (QED) is 0.712. The van der Waals surface area contributed by atoms with Crippen LogP contribution in [-0.4, -0.2) is 31.7 Å². The molecule has 0 spiro atoms. The fourth-order valence-electron chi connectivity index (χ4n) is 1.86. The second kappa shape index (κ2) is 8.13. The van der Waals surface area contributed by atoms with E-state index in [1.165, 1.54) is 18.2 Å². The van der Waals surface area contributed by atoms with Gasteiger partial charge in [-0.3, -0.25) is 4.79 Å². The number of halogens is 2. The number of nitrogens with one attached hydrogen (secondary N) is 1. The fourth-order valence-corrected chi connectivity index (χ4v) is 4.67. The third kappa shape index (κ3) is 4.58. The first-order valence-corrected chi connectivity index (χ1v) is 9.81. The average Bonchev–Trinajstić information content (AvgIpc) is 3.05. The molecule has 2 aromatic rings. The third-order valence-electron chi connectivity index (χ3n) is 2.95. The fraction of sp³-hybridized carbons (Fsp3) is 0.133. The molecule has 2 rings (SSSR count). The first-order valence-electron chi connectivity index (χ1n) is 6.74. The molecule has 0 saturated carbocycles. The molecular weight excluding hydrogens is 391 g/mol. The molecule has 1 heterocycles. The maximum Gasteiger partial charge on any atom is 0.253 e. The molecule has 0 aliphatic rings. The zero-order valence-corrected chi connectivity index (χ0v) is 15.6. The van der Waals surface area contributed by atoms with E-state index in [0.717, 1.165) is 15.6 Å². The Hall–Kier alpha value is -1.38. The van der Waals surface area contributed by atoms with Crippen molar-refractivity contribution in [2.24, 2.45) is 0 Å². The summed E-state index contributed by atoms with van der Waals surface area (Å²) in [5.74, 6) is -0.490. The van der Waals surface area contributed by atoms with Gasteiger partial charge in [0.25, 0.3) is 10.0 Å². The van der Waals surface area contributed by atoms with Crippen molar-refractivity contribution in [1.29, 1.82) is 0 Å². The molecule has 0 bridgehead atoms. The zero-order chi connectivity index (χ0) is 17.7. The smallest absolute Gasteiger partial charge is 0.253 e. The number of nitrogens with zero attached hydrogens (tertiary/aromatic N) is 1. The summed E-state index contributed by atoms with van der Waals surface area (Å²) in [5.41, 5.74) is 0.432. The highest BCUT2D eigenvalue weighted by molar-refractivity contribution is 7.91. The molecule has 0 saturated heterocycles. The molecule has 128 valence electrons. The summed E-state index contributed by atoms with van der Waals surface area (Å²) in [6.45, 7) is 3.22. The van der Waals surface area contributed by atoms with E-state index in [-0.39, 0.29) is 17.3 Å². The summed E-state index contributed by atoms with van der Waals surface area (Å²) in [7, 11) is -3.75. The minimum Gasteiger partial charge on any atom is -0.325 e. The maximum absolute atomic E-state index is 12.5. The van der Waals surface area contributed by atoms with Gasteiger partial charge in [-0.15, -0.1) is 17.9 Å². The molecule has 1 N–H and O–H groups in total. The van der Waals surface area contributed by atoms with Crippen molar-refractivity contribution in [2.75, 3.05) is 18.4 Å². The van der Waals surface area contributed by atoms with Crippen LogP contribution >= 0.6 is 34.5 Å². The molecule has 0 unspecified atom stereocenters. The lowest BCUT2D eigenvalue weighted by Crippen LogP contribution is -2.37. The van der Waals surface area contributed by atoms with Gasteiger partial charge in [0, 0.05) is 12.2 Å². The van der Waals surface area contributed by atoms with Gasteiger partial charge >= 0.3 is 0 Å². The van der Waals surface area contributed by atoms with Crippen LogP contribution < -0.4 is 5.32 Å². The molecule has 0 aliphatic heterocycles. The molecule has 5 nitrogen and oxygen atoms in total. The second-order valence-electron chi connectivity index (χ2n) is 4.70. The molecular formula is C15H14Cl2N2O3S2. The number of rotatable bonds is 7. The second-order valence-corrected chi connectivity index (χ2v) is 8.62. The number of carbonyl (C=O) groups excluding carboxylic acids is 1. The van der Waals surface area contributed by atoms with E-state index >= 15 is 0 Å². The average molecular weight is 405 g/mol. The Morgan fingerprint density at radius 3 is 2.62 bits per heavy atom. The molecule has 0 aliphatic carbocycles. The van der Waals surface area contributed by atoms with Crippen molar-refractivity contribution in [3.63, 3.8) is 0 Å². The van der Waals surface area contributed by atoms with Crippen molar-refractivity contribution >= 4 is 56.2 Å². The highest BCUT2D eigenvalue weighted by Crippen LogP contribution is 2.25. The van der Waals surface area contributed by atoms with Crippen LogP contribution in [0.2, 0.25) is 10.0 Å². The van der Waals surface area contributed by atoms with E-state index in [1.807, 2.05) is 0 Å². The van der Waals surface area contributed by atoms with Gasteiger partial charge in [0.05, 0.1) is 16.6 Å². The van der Waals surface area contributed by atoms with Gasteiger partial charge in [0.15, 0.2) is 0 Å². The first-order chi connectivity index (χ1) is 11.3. The lowest BCUT2D eigenvalue weighted by atomic mass is 10.3. The first kappa shape index (κ1) is 19.0. The van der Waals surface area contributed by atoms with Gasteiger partial charge in [0.1, 0.15) is 4.21 Å². The van der Waals surface area contributed by atoms with Gasteiger partial charge in [-0.05, 0) is 29.6 Å². The number of amides is 1. The van der Waals surface area contributed by atoms with Gasteiger partial charge in [0.2, 0.25) is 5.91 Å². The van der Waals surface area contributed by atoms with Crippen LogP contribution in [0.3, 0.4) is 0 Å². The number of hydrogen-bond acceptors (Lipinski definition) is 4. The van der Waals surface area contributed by atoms with Gasteiger partial charge in [-0.25, -0.2) is 8.42 Å². The Labute approximate surface area is 154 Å². The lowest BCUT2D eigenvalue weighted by molar-refractivity contribution is -0.116. The Morgan fingerprint density at radius 1 is 1.29 bits per heavy atom. The normalized spacial score (nSPS) is 11.5. The van der Waals surface area contributed by atoms with E-state index in [9.17, 15) is 13.2 Å². The predicted molar refractivity (Wildman–Crippen MR) is 98.4 cm³/mol. The molecule has 0 fully saturated rings. The Kier molecular flexibility index (Phi) is 6.42. The van der Waals surface area contributed by atoms with E-state index < -0.39 is 15.9 Å². The van der Waals surface area contributed by atoms with Crippen molar-refractivity contribution in [3.05, 3.63) is 58.4 Å². The van der Waals surface area contributed by atoms with Gasteiger partial charge < -0.3 is 5.32 Å². The largest absolute Gasteiger partial charge is 0.325 e. The van der Waals surface area contributed by atoms with Crippen LogP contribution in [0.25, 0.3) is 0 Å². The molecule has 1 amide bonds. The minimum atomic E-state index is -3.75. The summed E-state index contributed by atoms with van der Waals surface area (Å²) >= 11 is 12.8. The topological polar surface area (TPSA) is 66.5 Å². The number of benzene rings is 1. The van der Waals surface area contributed by atoms with E-state index in [2.05, 4.69) is 11.9 Å². The zero-order valence-electron chi connectivity index (χ0n) is 12.4. The molecule has 1 aromatic heterocycles. The maximum atomic E-state index is 12.5. The van der Waals surface area contributed by atoms with Crippen LogP contribution in [0.5, 0.6) is 0 Å². The SMILES string of the molecule is C=CCN(CC(=O)Nc1ccc(Cl)c(Cl)c1)S(=O)(=O)c1cccs1. The van der Waals surface area contributed by atoms with Crippen molar-refractivity contribution in [3.8, 4) is 0 Å². The summed E-state index contributed by atoms with van der Waals surface area (Å²) in [6, 6.07) is 7.75. The van der Waals surface area contributed by atoms with Crippen LogP contribution in [0.1, 0.15) is 0 Å². The summed E-state index contributed by atoms with van der Waals surface area (Å²) in [6.07, 6.45) is 1.43. The minimum absolute atomic E-state index is 0.0228. The van der Waals surface area contributed by atoms with E-state index in [0.29, 0.717) is 15.7 Å². The predicted octanol–water partition coefficient (Wildman–Crippen LogP) is 3.87. The summed E-state index contributed by atoms with van der Waals surface area (Å²) < 4.78 is 26.3. The van der Waals surface area contributed by atoms with Crippen molar-refractivity contribution < 1.29 is 13.2 Å². The Bertz CT molecular complexity index is 836. The summed E-state index contributed by atoms with van der Waals surface area (Å²) in [5, 5.41) is 4.92. The number of anilines is 1. The number of thiophene rings is 1. The van der Waals surface area contributed by atoms with Gasteiger partial charge in [-0.1, -0.05) is 35.3 Å². The Morgan fingerprint density at radius 2 is 2.04 bits per heavy atom. The monoisotopic (exact) mass is 404 g/mol. The highest BCUT2D eigenvalue weighted by Gasteiger charge is 2.26. The van der Waals surface area contributed by atoms with Crippen LogP contribution in [0, 0.1) is 0 Å². The number of hydrogen-bond donors (Lipinski definition) is 1. The molecule has 9 heteroatoms. The third-order valence-corrected chi connectivity index (χ3v) is 6.87.